The highest BCUT2D eigenvalue weighted by Gasteiger charge is 2.20. The van der Waals surface area contributed by atoms with Crippen LogP contribution in [0.5, 0.6) is 5.75 Å². The molecule has 0 aromatic heterocycles. The van der Waals surface area contributed by atoms with Crippen molar-refractivity contribution in [3.8, 4) is 5.75 Å². The van der Waals surface area contributed by atoms with E-state index in [4.69, 9.17) is 4.74 Å². The van der Waals surface area contributed by atoms with Gasteiger partial charge in [0.2, 0.25) is 0 Å². The summed E-state index contributed by atoms with van der Waals surface area (Å²) >= 11 is 0. The summed E-state index contributed by atoms with van der Waals surface area (Å²) in [6.07, 6.45) is 0.888. The van der Waals surface area contributed by atoms with Gasteiger partial charge in [-0.25, -0.2) is 0 Å². The maximum atomic E-state index is 10.3. The molecule has 0 bridgehead atoms. The third-order valence-corrected chi connectivity index (χ3v) is 3.05. The number of rotatable bonds is 7. The van der Waals surface area contributed by atoms with Gasteiger partial charge < -0.3 is 14.8 Å². The lowest BCUT2D eigenvalue weighted by Gasteiger charge is -2.26. The molecule has 1 rings (SSSR count). The number of carbonyl (C=O) groups excluding carboxylic acids is 1. The largest absolute Gasteiger partial charge is 0.494 e. The quantitative estimate of drug-likeness (QED) is 0.596. The minimum atomic E-state index is -0.00147. The Bertz CT molecular complexity index is 399. The van der Waals surface area contributed by atoms with Crippen LogP contribution in [0, 0.1) is 6.92 Å². The molecule has 3 heteroatoms. The first-order valence-corrected chi connectivity index (χ1v) is 6.39. The van der Waals surface area contributed by atoms with E-state index in [1.807, 2.05) is 13.0 Å². The third-order valence-electron chi connectivity index (χ3n) is 3.05. The highest BCUT2D eigenvalue weighted by molar-refractivity contribution is 5.51. The monoisotopic (exact) mass is 249 g/mol. The van der Waals surface area contributed by atoms with Gasteiger partial charge in [-0.3, -0.25) is 0 Å². The average molecular weight is 249 g/mol. The van der Waals surface area contributed by atoms with Gasteiger partial charge >= 0.3 is 0 Å². The van der Waals surface area contributed by atoms with Crippen molar-refractivity contribution < 1.29 is 9.53 Å². The first kappa shape index (κ1) is 14.7. The number of nitrogens with one attached hydrogen (secondary N) is 1. The highest BCUT2D eigenvalue weighted by atomic mass is 16.5. The Labute approximate surface area is 110 Å². The van der Waals surface area contributed by atoms with Crippen molar-refractivity contribution in [2.75, 3.05) is 19.7 Å². The van der Waals surface area contributed by atoms with Crippen molar-refractivity contribution in [3.63, 3.8) is 0 Å². The summed E-state index contributed by atoms with van der Waals surface area (Å²) in [6.45, 7) is 10.2. The minimum Gasteiger partial charge on any atom is -0.494 e. The van der Waals surface area contributed by atoms with Gasteiger partial charge in [0, 0.05) is 12.0 Å². The number of ether oxygens (including phenoxy) is 1. The van der Waals surface area contributed by atoms with Crippen molar-refractivity contribution in [2.24, 2.45) is 0 Å². The van der Waals surface area contributed by atoms with Crippen LogP contribution >= 0.6 is 0 Å². The van der Waals surface area contributed by atoms with Crippen LogP contribution in [-0.2, 0) is 10.2 Å². The topological polar surface area (TPSA) is 38.3 Å². The molecule has 0 aliphatic heterocycles. The Morgan fingerprint density at radius 3 is 2.67 bits per heavy atom. The van der Waals surface area contributed by atoms with Gasteiger partial charge in [0.1, 0.15) is 12.0 Å². The predicted molar refractivity (Wildman–Crippen MR) is 74.3 cm³/mol. The van der Waals surface area contributed by atoms with Gasteiger partial charge in [0.25, 0.3) is 0 Å². The Balaban J connectivity index is 2.81. The molecular formula is C15H23NO2. The molecular weight excluding hydrogens is 226 g/mol. The lowest BCUT2D eigenvalue weighted by Crippen LogP contribution is -2.33. The molecule has 0 amide bonds. The molecule has 0 fully saturated rings. The molecule has 1 N–H and O–H groups in total. The Morgan fingerprint density at radius 1 is 1.39 bits per heavy atom. The van der Waals surface area contributed by atoms with Crippen LogP contribution in [0.2, 0.25) is 0 Å². The number of benzene rings is 1. The fourth-order valence-electron chi connectivity index (χ4n) is 1.93. The fraction of sp³-hybridized carbons (Fsp3) is 0.533. The number of hydrogen-bond acceptors (Lipinski definition) is 3. The summed E-state index contributed by atoms with van der Waals surface area (Å²) in [6, 6.07) is 6.28. The summed E-state index contributed by atoms with van der Waals surface area (Å²) in [5.74, 6) is 0.943. The van der Waals surface area contributed by atoms with Gasteiger partial charge in [0.15, 0.2) is 0 Å². The Hall–Kier alpha value is -1.35. The van der Waals surface area contributed by atoms with Crippen LogP contribution in [0.15, 0.2) is 18.2 Å². The first-order chi connectivity index (χ1) is 8.51. The van der Waals surface area contributed by atoms with Crippen molar-refractivity contribution in [1.29, 1.82) is 0 Å². The molecule has 100 valence electrons. The van der Waals surface area contributed by atoms with Crippen LogP contribution < -0.4 is 10.1 Å². The standard InChI is InChI=1S/C15H23NO2/c1-5-18-14-7-6-13(10-12(14)2)15(3,4)11-16-8-9-17/h6-7,9-10,16H,5,8,11H2,1-4H3. The first-order valence-electron chi connectivity index (χ1n) is 6.39. The van der Waals surface area contributed by atoms with E-state index in [9.17, 15) is 4.79 Å². The molecule has 1 aromatic carbocycles. The van der Waals surface area contributed by atoms with Crippen LogP contribution in [0.25, 0.3) is 0 Å². The lowest BCUT2D eigenvalue weighted by molar-refractivity contribution is -0.107. The molecule has 0 saturated carbocycles. The van der Waals surface area contributed by atoms with Gasteiger partial charge in [-0.2, -0.15) is 0 Å². The van der Waals surface area contributed by atoms with Gasteiger partial charge in [0.05, 0.1) is 13.2 Å². The molecule has 0 heterocycles. The Morgan fingerprint density at radius 2 is 2.11 bits per heavy atom. The average Bonchev–Trinajstić information content (AvgIpc) is 2.32. The van der Waals surface area contributed by atoms with E-state index in [0.717, 1.165) is 24.1 Å². The second-order valence-electron chi connectivity index (χ2n) is 5.09. The molecule has 18 heavy (non-hydrogen) atoms. The van der Waals surface area contributed by atoms with E-state index in [1.54, 1.807) is 0 Å². The molecule has 0 aliphatic rings. The maximum absolute atomic E-state index is 10.3. The molecule has 0 spiro atoms. The SMILES string of the molecule is CCOc1ccc(C(C)(C)CNCC=O)cc1C. The second kappa shape index (κ2) is 6.55. The number of carbonyl (C=O) groups is 1. The normalized spacial score (nSPS) is 11.3. The Kier molecular flexibility index (Phi) is 5.35. The molecule has 0 radical (unpaired) electrons. The van der Waals surface area contributed by atoms with Crippen molar-refractivity contribution in [1.82, 2.24) is 5.32 Å². The van der Waals surface area contributed by atoms with Gasteiger partial charge in [-0.1, -0.05) is 26.0 Å². The zero-order valence-electron chi connectivity index (χ0n) is 11.7. The van der Waals surface area contributed by atoms with Crippen LogP contribution in [0.1, 0.15) is 31.9 Å². The summed E-state index contributed by atoms with van der Waals surface area (Å²) in [5.41, 5.74) is 2.40. The van der Waals surface area contributed by atoms with Crippen molar-refractivity contribution in [2.45, 2.75) is 33.1 Å². The molecule has 0 unspecified atom stereocenters. The summed E-state index contributed by atoms with van der Waals surface area (Å²) in [5, 5.41) is 3.13. The number of aldehydes is 1. The van der Waals surface area contributed by atoms with E-state index < -0.39 is 0 Å². The van der Waals surface area contributed by atoms with Crippen LogP contribution in [0.4, 0.5) is 0 Å². The molecule has 0 atom stereocenters. The van der Waals surface area contributed by atoms with Crippen LogP contribution in [0.3, 0.4) is 0 Å². The number of hydrogen-bond donors (Lipinski definition) is 1. The molecule has 3 nitrogen and oxygen atoms in total. The van der Waals surface area contributed by atoms with Gasteiger partial charge in [-0.15, -0.1) is 0 Å². The summed E-state index contributed by atoms with van der Waals surface area (Å²) in [7, 11) is 0. The molecule has 1 aromatic rings. The van der Waals surface area contributed by atoms with Crippen LogP contribution in [-0.4, -0.2) is 26.0 Å². The summed E-state index contributed by atoms with van der Waals surface area (Å²) < 4.78 is 5.54. The zero-order valence-corrected chi connectivity index (χ0v) is 11.7. The molecule has 0 aliphatic carbocycles. The van der Waals surface area contributed by atoms with Gasteiger partial charge in [-0.05, 0) is 31.0 Å². The van der Waals surface area contributed by atoms with E-state index in [-0.39, 0.29) is 5.41 Å². The third kappa shape index (κ3) is 3.84. The van der Waals surface area contributed by atoms with E-state index in [2.05, 4.69) is 38.2 Å². The lowest BCUT2D eigenvalue weighted by atomic mass is 9.84. The minimum absolute atomic E-state index is 0.00147. The number of aryl methyl sites for hydroxylation is 1. The smallest absolute Gasteiger partial charge is 0.133 e. The second-order valence-corrected chi connectivity index (χ2v) is 5.09. The predicted octanol–water partition coefficient (Wildman–Crippen LogP) is 2.46. The van der Waals surface area contributed by atoms with E-state index in [1.165, 1.54) is 5.56 Å². The van der Waals surface area contributed by atoms with E-state index >= 15 is 0 Å². The fourth-order valence-corrected chi connectivity index (χ4v) is 1.93. The zero-order chi connectivity index (χ0) is 13.6. The summed E-state index contributed by atoms with van der Waals surface area (Å²) in [4.78, 5) is 10.3. The maximum Gasteiger partial charge on any atom is 0.133 e. The highest BCUT2D eigenvalue weighted by Crippen LogP contribution is 2.27. The van der Waals surface area contributed by atoms with Crippen molar-refractivity contribution in [3.05, 3.63) is 29.3 Å². The van der Waals surface area contributed by atoms with E-state index in [0.29, 0.717) is 13.2 Å². The molecule has 0 saturated heterocycles. The van der Waals surface area contributed by atoms with Crippen molar-refractivity contribution >= 4 is 6.29 Å².